The molecule has 1 aliphatic heterocycles. The monoisotopic (exact) mass is 668 g/mol. The maximum Gasteiger partial charge on any atom is 0.131 e. The molecule has 0 fully saturated rings. The van der Waals surface area contributed by atoms with Gasteiger partial charge in [0.2, 0.25) is 0 Å². The van der Waals surface area contributed by atoms with Crippen molar-refractivity contribution in [2.24, 2.45) is 0 Å². The molecular formula is C46H28N4S. The Bertz CT molecular complexity index is 2990. The van der Waals surface area contributed by atoms with Gasteiger partial charge in [-0.3, -0.25) is 9.13 Å². The standard InChI is InChI=1S/C46H28N4S/c1-3-14-29(15-4-1)43-44(48-37-23-11-10-22-36(37)47-43)33-19-8-7-18-32(33)30-26-27-39-41(28-30)51-40-25-13-21-35-42-34-20-9-12-24-38(34)49(31-16-5-2-6-17-31)46(42)50(39)45(35)40/h1-28H. The minimum Gasteiger partial charge on any atom is -0.295 e. The van der Waals surface area contributed by atoms with Gasteiger partial charge in [0.25, 0.3) is 0 Å². The van der Waals surface area contributed by atoms with E-state index in [0.717, 1.165) is 50.4 Å². The van der Waals surface area contributed by atoms with Gasteiger partial charge >= 0.3 is 0 Å². The Morgan fingerprint density at radius 3 is 1.94 bits per heavy atom. The number of nitrogens with zero attached hydrogens (tertiary/aromatic N) is 4. The van der Waals surface area contributed by atoms with E-state index in [1.165, 1.54) is 48.3 Å². The average molecular weight is 669 g/mol. The van der Waals surface area contributed by atoms with Crippen LogP contribution in [-0.4, -0.2) is 19.1 Å². The smallest absolute Gasteiger partial charge is 0.131 e. The molecule has 0 aliphatic carbocycles. The van der Waals surface area contributed by atoms with E-state index < -0.39 is 0 Å². The molecule has 51 heavy (non-hydrogen) atoms. The topological polar surface area (TPSA) is 35.6 Å². The van der Waals surface area contributed by atoms with Crippen LogP contribution < -0.4 is 0 Å². The minimum atomic E-state index is 0.882. The molecule has 0 N–H and O–H groups in total. The van der Waals surface area contributed by atoms with Crippen molar-refractivity contribution in [1.82, 2.24) is 19.1 Å². The highest BCUT2D eigenvalue weighted by atomic mass is 32.2. The Hall–Kier alpha value is -6.43. The highest BCUT2D eigenvalue weighted by Crippen LogP contribution is 2.50. The fraction of sp³-hybridized carbons (Fsp3) is 0. The molecule has 0 bridgehead atoms. The van der Waals surface area contributed by atoms with Crippen LogP contribution in [-0.2, 0) is 0 Å². The first-order valence-electron chi connectivity index (χ1n) is 17.2. The fourth-order valence-electron chi connectivity index (χ4n) is 7.91. The summed E-state index contributed by atoms with van der Waals surface area (Å²) in [5.41, 5.74) is 13.9. The SMILES string of the molecule is c1ccc(-c2nc3ccccc3nc2-c2ccccc2-c2ccc3c(c2)Sc2cccc4c5c6ccccc6n(-c6ccccc6)c5n-3c24)cc1. The van der Waals surface area contributed by atoms with E-state index in [0.29, 0.717) is 0 Å². The van der Waals surface area contributed by atoms with Gasteiger partial charge < -0.3 is 0 Å². The molecule has 4 heterocycles. The normalized spacial score (nSPS) is 12.2. The minimum absolute atomic E-state index is 0.882. The van der Waals surface area contributed by atoms with Crippen molar-refractivity contribution in [3.63, 3.8) is 0 Å². The summed E-state index contributed by atoms with van der Waals surface area (Å²) in [7, 11) is 0. The molecule has 1 aliphatic rings. The maximum atomic E-state index is 5.26. The summed E-state index contributed by atoms with van der Waals surface area (Å²) >= 11 is 1.85. The highest BCUT2D eigenvalue weighted by molar-refractivity contribution is 7.99. The summed E-state index contributed by atoms with van der Waals surface area (Å²) < 4.78 is 4.93. The van der Waals surface area contributed by atoms with Crippen LogP contribution in [0.15, 0.2) is 180 Å². The number of hydrogen-bond donors (Lipinski definition) is 0. The van der Waals surface area contributed by atoms with Gasteiger partial charge in [0.05, 0.1) is 39.1 Å². The van der Waals surface area contributed by atoms with Crippen molar-refractivity contribution in [1.29, 1.82) is 0 Å². The van der Waals surface area contributed by atoms with Crippen LogP contribution in [0.3, 0.4) is 0 Å². The third kappa shape index (κ3) is 4.22. The molecule has 0 saturated heterocycles. The molecule has 0 atom stereocenters. The zero-order valence-corrected chi connectivity index (χ0v) is 28.2. The van der Waals surface area contributed by atoms with Crippen molar-refractivity contribution in [2.75, 3.05) is 0 Å². The van der Waals surface area contributed by atoms with Crippen molar-refractivity contribution in [2.45, 2.75) is 9.79 Å². The summed E-state index contributed by atoms with van der Waals surface area (Å²) in [4.78, 5) is 12.9. The van der Waals surface area contributed by atoms with Crippen molar-refractivity contribution >= 4 is 55.6 Å². The Kier molecular flexibility index (Phi) is 6.15. The fourth-order valence-corrected chi connectivity index (χ4v) is 9.04. The third-order valence-electron chi connectivity index (χ3n) is 10.1. The second-order valence-corrected chi connectivity index (χ2v) is 14.1. The van der Waals surface area contributed by atoms with E-state index in [-0.39, 0.29) is 0 Å². The summed E-state index contributed by atoms with van der Waals surface area (Å²) in [6.45, 7) is 0. The van der Waals surface area contributed by atoms with Crippen molar-refractivity contribution in [3.05, 3.63) is 170 Å². The van der Waals surface area contributed by atoms with Gasteiger partial charge in [-0.1, -0.05) is 133 Å². The molecule has 0 radical (unpaired) electrons. The lowest BCUT2D eigenvalue weighted by atomic mass is 9.94. The first-order chi connectivity index (χ1) is 25.3. The molecule has 0 amide bonds. The lowest BCUT2D eigenvalue weighted by Crippen LogP contribution is -2.06. The van der Waals surface area contributed by atoms with Crippen LogP contribution in [0.2, 0.25) is 0 Å². The molecule has 7 aromatic carbocycles. The Morgan fingerprint density at radius 1 is 0.451 bits per heavy atom. The predicted octanol–water partition coefficient (Wildman–Crippen LogP) is 12.1. The maximum absolute atomic E-state index is 5.26. The second-order valence-electron chi connectivity index (χ2n) is 13.0. The van der Waals surface area contributed by atoms with Gasteiger partial charge in [0, 0.05) is 42.8 Å². The molecule has 10 aromatic rings. The van der Waals surface area contributed by atoms with E-state index in [1.807, 2.05) is 42.1 Å². The average Bonchev–Trinajstić information content (AvgIpc) is 3.72. The molecule has 3 aromatic heterocycles. The molecule has 11 rings (SSSR count). The highest BCUT2D eigenvalue weighted by Gasteiger charge is 2.28. The van der Waals surface area contributed by atoms with Crippen LogP contribution in [0.1, 0.15) is 0 Å². The number of benzene rings is 7. The second kappa shape index (κ2) is 11.0. The van der Waals surface area contributed by atoms with Crippen LogP contribution >= 0.6 is 11.8 Å². The molecule has 4 nitrogen and oxygen atoms in total. The van der Waals surface area contributed by atoms with Crippen LogP contribution in [0.25, 0.3) is 88.9 Å². The number of para-hydroxylation sites is 5. The largest absolute Gasteiger partial charge is 0.295 e. The predicted molar refractivity (Wildman–Crippen MR) is 211 cm³/mol. The summed E-state index contributed by atoms with van der Waals surface area (Å²) in [6.07, 6.45) is 0. The van der Waals surface area contributed by atoms with Gasteiger partial charge in [-0.15, -0.1) is 0 Å². The van der Waals surface area contributed by atoms with Gasteiger partial charge in [0.1, 0.15) is 5.65 Å². The Labute approximate surface area is 298 Å². The lowest BCUT2D eigenvalue weighted by molar-refractivity contribution is 1.03. The van der Waals surface area contributed by atoms with Gasteiger partial charge in [-0.25, -0.2) is 9.97 Å². The summed E-state index contributed by atoms with van der Waals surface area (Å²) in [6, 6.07) is 60.4. The molecule has 0 saturated carbocycles. The lowest BCUT2D eigenvalue weighted by Gasteiger charge is -2.22. The van der Waals surface area contributed by atoms with Gasteiger partial charge in [0.15, 0.2) is 0 Å². The van der Waals surface area contributed by atoms with Crippen molar-refractivity contribution in [3.8, 4) is 45.0 Å². The van der Waals surface area contributed by atoms with Crippen molar-refractivity contribution < 1.29 is 0 Å². The number of aromatic nitrogens is 4. The Balaban J connectivity index is 1.15. The van der Waals surface area contributed by atoms with E-state index in [2.05, 4.69) is 149 Å². The summed E-state index contributed by atoms with van der Waals surface area (Å²) in [5, 5.41) is 3.84. The zero-order chi connectivity index (χ0) is 33.5. The third-order valence-corrected chi connectivity index (χ3v) is 11.2. The molecular weight excluding hydrogens is 641 g/mol. The number of fused-ring (bicyclic) bond motifs is 8. The zero-order valence-electron chi connectivity index (χ0n) is 27.4. The van der Waals surface area contributed by atoms with Gasteiger partial charge in [-0.05, 0) is 59.7 Å². The van der Waals surface area contributed by atoms with E-state index in [1.54, 1.807) is 0 Å². The van der Waals surface area contributed by atoms with E-state index in [4.69, 9.17) is 9.97 Å². The molecule has 0 unspecified atom stereocenters. The molecule has 5 heteroatoms. The molecule has 238 valence electrons. The Morgan fingerprint density at radius 2 is 1.12 bits per heavy atom. The van der Waals surface area contributed by atoms with E-state index in [9.17, 15) is 0 Å². The number of hydrogen-bond acceptors (Lipinski definition) is 3. The van der Waals surface area contributed by atoms with Crippen LogP contribution in [0.4, 0.5) is 0 Å². The molecule has 0 spiro atoms. The summed E-state index contributed by atoms with van der Waals surface area (Å²) in [5.74, 6) is 0. The van der Waals surface area contributed by atoms with Crippen LogP contribution in [0.5, 0.6) is 0 Å². The van der Waals surface area contributed by atoms with Crippen LogP contribution in [0, 0.1) is 0 Å². The quantitative estimate of drug-likeness (QED) is 0.187. The van der Waals surface area contributed by atoms with E-state index >= 15 is 0 Å². The van der Waals surface area contributed by atoms with Gasteiger partial charge in [-0.2, -0.15) is 0 Å². The number of rotatable bonds is 4. The first kappa shape index (κ1) is 28.4. The first-order valence-corrected chi connectivity index (χ1v) is 18.0.